The van der Waals surface area contributed by atoms with Gasteiger partial charge in [0.1, 0.15) is 12.7 Å². The van der Waals surface area contributed by atoms with Crippen molar-refractivity contribution in [2.24, 2.45) is 5.92 Å². The number of halogens is 2. The zero-order chi connectivity index (χ0) is 17.2. The highest BCUT2D eigenvalue weighted by Crippen LogP contribution is 2.38. The summed E-state index contributed by atoms with van der Waals surface area (Å²) in [5.41, 5.74) is -1.45. The number of rotatable bonds is 6. The molecule has 1 aromatic rings. The quantitative estimate of drug-likeness (QED) is 0.738. The number of nitrogens with zero attached hydrogens (tertiary/aromatic N) is 1. The van der Waals surface area contributed by atoms with Crippen molar-refractivity contribution in [1.29, 1.82) is 0 Å². The third-order valence-corrected chi connectivity index (χ3v) is 3.63. The minimum atomic E-state index is -3.59. The molecule has 130 valence electrons. The lowest BCUT2D eigenvalue weighted by molar-refractivity contribution is -0.296. The normalized spacial score (nSPS) is 28.2. The van der Waals surface area contributed by atoms with Crippen molar-refractivity contribution in [3.63, 3.8) is 0 Å². The van der Waals surface area contributed by atoms with Gasteiger partial charge < -0.3 is 19.3 Å². The molecule has 2 N–H and O–H groups in total. The Morgan fingerprint density at radius 2 is 2.17 bits per heavy atom. The Bertz CT molecular complexity index is 646. The number of methoxy groups -OCH3 is 1. The van der Waals surface area contributed by atoms with E-state index in [1.165, 1.54) is 0 Å². The number of aliphatic hydroxyl groups is 1. The Morgan fingerprint density at radius 3 is 2.74 bits per heavy atom. The Hall–Kier alpha value is -1.62. The molecule has 23 heavy (non-hydrogen) atoms. The smallest absolute Gasteiger partial charge is 0.379 e. The van der Waals surface area contributed by atoms with E-state index >= 15 is 0 Å². The minimum absolute atomic E-state index is 0.425. The van der Waals surface area contributed by atoms with Crippen molar-refractivity contribution in [3.05, 3.63) is 33.1 Å². The number of H-pyrrole nitrogens is 1. The van der Waals surface area contributed by atoms with E-state index in [9.17, 15) is 23.5 Å². The molecule has 1 aliphatic rings. The SMILES string of the molecule is COCC(F)(F)O[C@@H]1[C@H](C)[C@@H](CO)O[C@H]1n1ccc(=O)[nH]c1=O. The molecule has 1 fully saturated rings. The van der Waals surface area contributed by atoms with Crippen molar-refractivity contribution in [2.45, 2.75) is 31.5 Å². The van der Waals surface area contributed by atoms with Gasteiger partial charge in [0, 0.05) is 25.3 Å². The highest BCUT2D eigenvalue weighted by atomic mass is 19.3. The van der Waals surface area contributed by atoms with Crippen LogP contribution in [-0.2, 0) is 14.2 Å². The van der Waals surface area contributed by atoms with Crippen LogP contribution in [0.3, 0.4) is 0 Å². The fourth-order valence-corrected chi connectivity index (χ4v) is 2.48. The Kier molecular flexibility index (Phi) is 5.30. The van der Waals surface area contributed by atoms with Crippen LogP contribution in [0.4, 0.5) is 8.78 Å². The summed E-state index contributed by atoms with van der Waals surface area (Å²) in [6.07, 6.45) is -5.69. The average molecular weight is 336 g/mol. The molecule has 1 saturated heterocycles. The van der Waals surface area contributed by atoms with Gasteiger partial charge in [-0.3, -0.25) is 14.3 Å². The second-order valence-electron chi connectivity index (χ2n) is 5.28. The first-order valence-electron chi connectivity index (χ1n) is 6.91. The predicted octanol–water partition coefficient (Wildman–Crippen LogP) is -0.313. The Labute approximate surface area is 129 Å². The topological polar surface area (TPSA) is 103 Å². The summed E-state index contributed by atoms with van der Waals surface area (Å²) in [6.45, 7) is 0.171. The van der Waals surface area contributed by atoms with Gasteiger partial charge in [0.05, 0.1) is 12.7 Å². The number of hydrogen-bond donors (Lipinski definition) is 2. The molecule has 0 unspecified atom stereocenters. The molecule has 0 bridgehead atoms. The first kappa shape index (κ1) is 17.7. The van der Waals surface area contributed by atoms with Crippen LogP contribution in [0.1, 0.15) is 13.2 Å². The van der Waals surface area contributed by atoms with Gasteiger partial charge in [0.2, 0.25) is 0 Å². The molecule has 10 heteroatoms. The van der Waals surface area contributed by atoms with Gasteiger partial charge in [-0.25, -0.2) is 4.79 Å². The van der Waals surface area contributed by atoms with E-state index < -0.39 is 54.9 Å². The van der Waals surface area contributed by atoms with Crippen molar-refractivity contribution >= 4 is 0 Å². The van der Waals surface area contributed by atoms with Gasteiger partial charge in [0.15, 0.2) is 6.23 Å². The fourth-order valence-electron chi connectivity index (χ4n) is 2.48. The molecule has 1 aromatic heterocycles. The molecule has 8 nitrogen and oxygen atoms in total. The standard InChI is InChI=1S/C13H18F2N2O6/c1-7-8(5-18)22-11(10(7)23-13(14,15)6-21-2)17-4-3-9(19)16-12(17)20/h3-4,7-8,10-11,18H,5-6H2,1-2H3,(H,16,19,20)/t7-,8-,10-,11-/m1/s1. The minimum Gasteiger partial charge on any atom is -0.394 e. The van der Waals surface area contributed by atoms with E-state index in [0.29, 0.717) is 0 Å². The van der Waals surface area contributed by atoms with Gasteiger partial charge >= 0.3 is 11.8 Å². The zero-order valence-corrected chi connectivity index (χ0v) is 12.6. The molecule has 0 saturated carbocycles. The first-order valence-corrected chi connectivity index (χ1v) is 6.91. The summed E-state index contributed by atoms with van der Waals surface area (Å²) in [5, 5.41) is 9.30. The monoisotopic (exact) mass is 336 g/mol. The summed E-state index contributed by atoms with van der Waals surface area (Å²) in [5.74, 6) is -0.619. The molecule has 2 rings (SSSR count). The highest BCUT2D eigenvalue weighted by molar-refractivity contribution is 4.92. The van der Waals surface area contributed by atoms with E-state index in [0.717, 1.165) is 23.9 Å². The van der Waals surface area contributed by atoms with Crippen LogP contribution in [0, 0.1) is 5.92 Å². The number of ether oxygens (including phenoxy) is 3. The largest absolute Gasteiger partial charge is 0.394 e. The van der Waals surface area contributed by atoms with E-state index in [-0.39, 0.29) is 0 Å². The van der Waals surface area contributed by atoms with Crippen molar-refractivity contribution in [3.8, 4) is 0 Å². The highest BCUT2D eigenvalue weighted by Gasteiger charge is 2.48. The van der Waals surface area contributed by atoms with Crippen LogP contribution >= 0.6 is 0 Å². The molecule has 1 aliphatic heterocycles. The summed E-state index contributed by atoms with van der Waals surface area (Å²) in [4.78, 5) is 25.0. The first-order chi connectivity index (χ1) is 10.8. The summed E-state index contributed by atoms with van der Waals surface area (Å²) >= 11 is 0. The molecule has 0 aromatic carbocycles. The maximum atomic E-state index is 13.7. The number of hydrogen-bond acceptors (Lipinski definition) is 6. The Balaban J connectivity index is 2.34. The molecule has 0 spiro atoms. The molecule has 0 aliphatic carbocycles. The van der Waals surface area contributed by atoms with Crippen LogP contribution in [0.2, 0.25) is 0 Å². The number of aliphatic hydroxyl groups excluding tert-OH is 1. The molecular weight excluding hydrogens is 318 g/mol. The fraction of sp³-hybridized carbons (Fsp3) is 0.692. The molecular formula is C13H18F2N2O6. The number of aromatic amines is 1. The maximum absolute atomic E-state index is 13.7. The summed E-state index contributed by atoms with van der Waals surface area (Å²) in [7, 11) is 1.10. The van der Waals surface area contributed by atoms with Crippen molar-refractivity contribution < 1.29 is 28.1 Å². The predicted molar refractivity (Wildman–Crippen MR) is 73.2 cm³/mol. The molecule has 0 radical (unpaired) electrons. The van der Waals surface area contributed by atoms with E-state index in [1.54, 1.807) is 6.92 Å². The molecule has 2 heterocycles. The van der Waals surface area contributed by atoms with Crippen LogP contribution in [-0.4, -0.2) is 53.3 Å². The number of nitrogens with one attached hydrogen (secondary N) is 1. The molecule has 4 atom stereocenters. The maximum Gasteiger partial charge on any atom is 0.379 e. The average Bonchev–Trinajstić information content (AvgIpc) is 2.75. The third kappa shape index (κ3) is 3.83. The summed E-state index contributed by atoms with van der Waals surface area (Å²) in [6, 6.07) is 1.06. The second-order valence-corrected chi connectivity index (χ2v) is 5.28. The Morgan fingerprint density at radius 1 is 1.48 bits per heavy atom. The lowest BCUT2D eigenvalue weighted by Gasteiger charge is -2.27. The van der Waals surface area contributed by atoms with Crippen LogP contribution in [0.15, 0.2) is 21.9 Å². The zero-order valence-electron chi connectivity index (χ0n) is 12.6. The van der Waals surface area contributed by atoms with E-state index in [4.69, 9.17) is 9.47 Å². The third-order valence-electron chi connectivity index (χ3n) is 3.63. The molecule has 0 amide bonds. The van der Waals surface area contributed by atoms with Crippen LogP contribution in [0.5, 0.6) is 0 Å². The van der Waals surface area contributed by atoms with Crippen molar-refractivity contribution in [1.82, 2.24) is 9.55 Å². The lowest BCUT2D eigenvalue weighted by Crippen LogP contribution is -2.41. The summed E-state index contributed by atoms with van der Waals surface area (Å²) < 4.78 is 43.0. The van der Waals surface area contributed by atoms with E-state index in [1.807, 2.05) is 4.98 Å². The van der Waals surface area contributed by atoms with Gasteiger partial charge in [-0.05, 0) is 0 Å². The lowest BCUT2D eigenvalue weighted by atomic mass is 10.0. The van der Waals surface area contributed by atoms with Crippen LogP contribution < -0.4 is 11.2 Å². The van der Waals surface area contributed by atoms with Gasteiger partial charge in [0.25, 0.3) is 5.56 Å². The number of aromatic nitrogens is 2. The van der Waals surface area contributed by atoms with Crippen LogP contribution in [0.25, 0.3) is 0 Å². The number of alkyl halides is 2. The second kappa shape index (κ2) is 6.87. The van der Waals surface area contributed by atoms with Gasteiger partial charge in [-0.15, -0.1) is 0 Å². The van der Waals surface area contributed by atoms with Gasteiger partial charge in [-0.1, -0.05) is 6.92 Å². The van der Waals surface area contributed by atoms with Crippen molar-refractivity contribution in [2.75, 3.05) is 20.3 Å². The van der Waals surface area contributed by atoms with E-state index in [2.05, 4.69) is 4.74 Å². The van der Waals surface area contributed by atoms with Gasteiger partial charge in [-0.2, -0.15) is 8.78 Å².